The zero-order valence-electron chi connectivity index (χ0n) is 4.88. The summed E-state index contributed by atoms with van der Waals surface area (Å²) in [5, 5.41) is 0. The number of halogens is 5. The van der Waals surface area contributed by atoms with Crippen molar-refractivity contribution in [1.82, 2.24) is 0 Å². The van der Waals surface area contributed by atoms with Gasteiger partial charge in [0.15, 0.2) is 5.78 Å². The number of alkyl halides is 3. The van der Waals surface area contributed by atoms with Crippen LogP contribution >= 0.6 is 79.6 Å². The highest BCUT2D eigenvalue weighted by Crippen LogP contribution is 2.52. The van der Waals surface area contributed by atoms with Crippen LogP contribution in [0.3, 0.4) is 0 Å². The Morgan fingerprint density at radius 1 is 1.27 bits per heavy atom. The zero-order chi connectivity index (χ0) is 8.81. The van der Waals surface area contributed by atoms with E-state index in [1.165, 1.54) is 0 Å². The Morgan fingerprint density at radius 3 is 1.82 bits per heavy atom. The molecule has 0 saturated carbocycles. The molecule has 0 aromatic carbocycles. The molecule has 0 fully saturated rings. The average Bonchev–Trinajstić information content (AvgIpc) is 2.06. The van der Waals surface area contributed by atoms with Gasteiger partial charge in [-0.1, -0.05) is 63.7 Å². The van der Waals surface area contributed by atoms with Crippen LogP contribution in [0.2, 0.25) is 0 Å². The van der Waals surface area contributed by atoms with Crippen molar-refractivity contribution in [3.05, 3.63) is 8.96 Å². The van der Waals surface area contributed by atoms with E-state index in [0.717, 1.165) is 4.48 Å². The maximum Gasteiger partial charge on any atom is 0.186 e. The summed E-state index contributed by atoms with van der Waals surface area (Å²) in [6.07, 6.45) is 0. The molecule has 0 amide bonds. The summed E-state index contributed by atoms with van der Waals surface area (Å²) in [7, 11) is 0. The van der Waals surface area contributed by atoms with E-state index in [1.54, 1.807) is 0 Å². The smallest absolute Gasteiger partial charge is 0.186 e. The highest BCUT2D eigenvalue weighted by Gasteiger charge is 2.48. The van der Waals surface area contributed by atoms with Crippen molar-refractivity contribution in [2.45, 2.75) is 8.06 Å². The van der Waals surface area contributed by atoms with E-state index < -0.39 is 3.23 Å². The lowest BCUT2D eigenvalue weighted by Gasteiger charge is -2.16. The normalized spacial score (nSPS) is 29.9. The Bertz CT molecular complexity index is 243. The minimum Gasteiger partial charge on any atom is -0.292 e. The van der Waals surface area contributed by atoms with Gasteiger partial charge in [0.1, 0.15) is 8.06 Å². The number of hydrogen-bond donors (Lipinski definition) is 0. The molecule has 0 aromatic rings. The lowest BCUT2D eigenvalue weighted by atomic mass is 10.3. The Hall–Kier alpha value is 1.81. The van der Waals surface area contributed by atoms with E-state index in [9.17, 15) is 4.79 Å². The van der Waals surface area contributed by atoms with Crippen molar-refractivity contribution in [1.29, 1.82) is 0 Å². The Morgan fingerprint density at radius 2 is 1.73 bits per heavy atom. The topological polar surface area (TPSA) is 17.1 Å². The summed E-state index contributed by atoms with van der Waals surface area (Å²) in [6.45, 7) is 0. The van der Waals surface area contributed by atoms with Gasteiger partial charge in [0, 0.05) is 4.48 Å². The molecule has 1 atom stereocenters. The summed E-state index contributed by atoms with van der Waals surface area (Å²) < 4.78 is 0.834. The molecular formula is C5HBr5O. The third kappa shape index (κ3) is 1.71. The standard InChI is InChI=1S/C5HBr5O/c6-1-2(11)4(8)5(9,10)3(1)7/h4H. The first-order valence-electron chi connectivity index (χ1n) is 2.51. The molecule has 0 heterocycles. The first-order valence-corrected chi connectivity index (χ1v) is 6.59. The Labute approximate surface area is 106 Å². The molecule has 0 spiro atoms. The van der Waals surface area contributed by atoms with Crippen LogP contribution in [-0.4, -0.2) is 13.8 Å². The average molecular weight is 477 g/mol. The molecule has 0 bridgehead atoms. The molecule has 6 heteroatoms. The number of hydrogen-bond acceptors (Lipinski definition) is 1. The molecule has 1 aliphatic rings. The third-order valence-electron chi connectivity index (χ3n) is 1.25. The summed E-state index contributed by atoms with van der Waals surface area (Å²) in [4.78, 5) is 11.0. The van der Waals surface area contributed by atoms with Gasteiger partial charge < -0.3 is 0 Å². The molecular weight excluding hydrogens is 476 g/mol. The number of carbonyl (C=O) groups is 1. The highest BCUT2D eigenvalue weighted by atomic mass is 79.9. The molecule has 0 aliphatic heterocycles. The first kappa shape index (κ1) is 10.9. The van der Waals surface area contributed by atoms with Gasteiger partial charge in [-0.05, 0) is 15.9 Å². The van der Waals surface area contributed by atoms with Crippen molar-refractivity contribution < 1.29 is 4.79 Å². The summed E-state index contributed by atoms with van der Waals surface area (Å²) in [6, 6.07) is 0. The van der Waals surface area contributed by atoms with Gasteiger partial charge in [-0.3, -0.25) is 4.79 Å². The van der Waals surface area contributed by atoms with Gasteiger partial charge in [0.25, 0.3) is 0 Å². The molecule has 11 heavy (non-hydrogen) atoms. The van der Waals surface area contributed by atoms with E-state index in [4.69, 9.17) is 0 Å². The number of carbonyl (C=O) groups excluding carboxylic acids is 1. The van der Waals surface area contributed by atoms with Crippen LogP contribution in [0.5, 0.6) is 0 Å². The summed E-state index contributed by atoms with van der Waals surface area (Å²) >= 11 is 16.5. The van der Waals surface area contributed by atoms with Crippen molar-refractivity contribution in [3.63, 3.8) is 0 Å². The van der Waals surface area contributed by atoms with E-state index in [-0.39, 0.29) is 10.6 Å². The number of Topliss-reactive ketones (excluding diaryl/α,β-unsaturated/α-hetero) is 1. The number of allylic oxidation sites excluding steroid dienone is 2. The van der Waals surface area contributed by atoms with Crippen molar-refractivity contribution >= 4 is 85.4 Å². The number of ketones is 1. The zero-order valence-corrected chi connectivity index (χ0v) is 12.8. The van der Waals surface area contributed by atoms with Gasteiger partial charge in [-0.25, -0.2) is 0 Å². The predicted molar refractivity (Wildman–Crippen MR) is 63.2 cm³/mol. The van der Waals surface area contributed by atoms with Crippen LogP contribution in [0.1, 0.15) is 0 Å². The predicted octanol–water partition coefficient (Wildman–Crippen LogP) is 3.82. The molecule has 0 aromatic heterocycles. The van der Waals surface area contributed by atoms with E-state index in [1.807, 2.05) is 0 Å². The summed E-state index contributed by atoms with van der Waals surface area (Å²) in [5.41, 5.74) is 0. The molecule has 1 aliphatic carbocycles. The van der Waals surface area contributed by atoms with Crippen LogP contribution in [0.25, 0.3) is 0 Å². The van der Waals surface area contributed by atoms with E-state index >= 15 is 0 Å². The van der Waals surface area contributed by atoms with Crippen LogP contribution < -0.4 is 0 Å². The highest BCUT2D eigenvalue weighted by molar-refractivity contribution is 9.27. The molecule has 0 N–H and O–H groups in total. The third-order valence-corrected chi connectivity index (χ3v) is 8.70. The number of rotatable bonds is 0. The fraction of sp³-hybridized carbons (Fsp3) is 0.400. The van der Waals surface area contributed by atoms with Crippen molar-refractivity contribution in [2.75, 3.05) is 0 Å². The molecule has 0 radical (unpaired) electrons. The second-order valence-corrected chi connectivity index (χ2v) is 8.05. The van der Waals surface area contributed by atoms with Crippen LogP contribution in [0.4, 0.5) is 0 Å². The van der Waals surface area contributed by atoms with Gasteiger partial charge >= 0.3 is 0 Å². The minimum atomic E-state index is -0.504. The molecule has 1 unspecified atom stereocenters. The lowest BCUT2D eigenvalue weighted by Crippen LogP contribution is -2.24. The fourth-order valence-corrected chi connectivity index (χ4v) is 4.02. The quantitative estimate of drug-likeness (QED) is 0.486. The molecule has 62 valence electrons. The van der Waals surface area contributed by atoms with Gasteiger partial charge in [0.05, 0.1) is 4.48 Å². The minimum absolute atomic E-state index is 0.0191. The van der Waals surface area contributed by atoms with Crippen molar-refractivity contribution in [3.8, 4) is 0 Å². The van der Waals surface area contributed by atoms with Gasteiger partial charge in [-0.15, -0.1) is 0 Å². The van der Waals surface area contributed by atoms with Crippen LogP contribution in [0.15, 0.2) is 8.96 Å². The Kier molecular flexibility index (Phi) is 3.48. The molecule has 0 saturated heterocycles. The van der Waals surface area contributed by atoms with Crippen LogP contribution in [0, 0.1) is 0 Å². The van der Waals surface area contributed by atoms with Gasteiger partial charge in [-0.2, -0.15) is 0 Å². The van der Waals surface area contributed by atoms with E-state index in [0.29, 0.717) is 4.48 Å². The molecule has 1 nitrogen and oxygen atoms in total. The SMILES string of the molecule is O=C1C(Br)=C(Br)C(Br)(Br)C1Br. The maximum absolute atomic E-state index is 11.3. The van der Waals surface area contributed by atoms with Crippen LogP contribution in [-0.2, 0) is 4.79 Å². The van der Waals surface area contributed by atoms with Gasteiger partial charge in [0.2, 0.25) is 0 Å². The Balaban J connectivity index is 3.16. The first-order chi connectivity index (χ1) is 4.89. The second-order valence-electron chi connectivity index (χ2n) is 1.98. The molecule has 1 rings (SSSR count). The monoisotopic (exact) mass is 472 g/mol. The largest absolute Gasteiger partial charge is 0.292 e. The fourth-order valence-electron chi connectivity index (χ4n) is 0.642. The lowest BCUT2D eigenvalue weighted by molar-refractivity contribution is -0.113. The van der Waals surface area contributed by atoms with E-state index in [2.05, 4.69) is 79.6 Å². The maximum atomic E-state index is 11.3. The van der Waals surface area contributed by atoms with Crippen molar-refractivity contribution in [2.24, 2.45) is 0 Å². The summed E-state index contributed by atoms with van der Waals surface area (Å²) in [5.74, 6) is 0.0191. The second kappa shape index (κ2) is 3.52.